The van der Waals surface area contributed by atoms with Crippen LogP contribution >= 0.6 is 0 Å². The van der Waals surface area contributed by atoms with Crippen LogP contribution in [0.15, 0.2) is 473 Å². The van der Waals surface area contributed by atoms with Crippen LogP contribution in [0.5, 0.6) is 0 Å². The zero-order valence-corrected chi connectivity index (χ0v) is 67.7. The summed E-state index contributed by atoms with van der Waals surface area (Å²) in [4.78, 5) is 0. The number of hydrogen-bond donors (Lipinski definition) is 0. The first-order valence-electron chi connectivity index (χ1n) is 42.6. The van der Waals surface area contributed by atoms with Gasteiger partial charge < -0.3 is 18.3 Å². The molecule has 4 heterocycles. The van der Waals surface area contributed by atoms with Gasteiger partial charge in [0.25, 0.3) is 0 Å². The minimum absolute atomic E-state index is 0.964. The van der Waals surface area contributed by atoms with Crippen LogP contribution in [0.25, 0.3) is 227 Å². The van der Waals surface area contributed by atoms with Crippen LogP contribution in [0.2, 0.25) is 0 Å². The number of benzene rings is 19. The molecular formula is C120H76N4. The van der Waals surface area contributed by atoms with Crippen LogP contribution in [0.1, 0.15) is 5.56 Å². The molecule has 0 atom stereocenters. The summed E-state index contributed by atoms with van der Waals surface area (Å²) in [5.41, 5.74) is 46.1. The van der Waals surface area contributed by atoms with Gasteiger partial charge in [-0.25, -0.2) is 0 Å². The normalized spacial score (nSPS) is 12.1. The molecule has 4 heteroatoms. The van der Waals surface area contributed by atoms with E-state index in [9.17, 15) is 0 Å². The van der Waals surface area contributed by atoms with Crippen LogP contribution in [-0.2, 0) is 0 Å². The lowest BCUT2D eigenvalue weighted by molar-refractivity contribution is 1.18. The number of allylic oxidation sites excluding steroid dienone is 4. The van der Waals surface area contributed by atoms with Crippen molar-refractivity contribution in [1.29, 1.82) is 0 Å². The Bertz CT molecular complexity index is 8280. The summed E-state index contributed by atoms with van der Waals surface area (Å²) >= 11 is 0. The van der Waals surface area contributed by atoms with Crippen molar-refractivity contribution < 1.29 is 0 Å². The second-order valence-electron chi connectivity index (χ2n) is 32.6. The Morgan fingerprint density at radius 1 is 0.129 bits per heavy atom. The van der Waals surface area contributed by atoms with Gasteiger partial charge in [0, 0.05) is 65.7 Å². The van der Waals surface area contributed by atoms with Gasteiger partial charge in [0.1, 0.15) is 0 Å². The van der Waals surface area contributed by atoms with Crippen LogP contribution in [0.4, 0.5) is 0 Å². The van der Waals surface area contributed by atoms with Crippen LogP contribution in [0, 0.1) is 0 Å². The smallest absolute Gasteiger partial charge is 0.0974 e. The average Bonchev–Trinajstić information content (AvgIpc) is 1.59. The maximum absolute atomic E-state index is 3.52. The molecule has 576 valence electrons. The fraction of sp³-hybridized carbons (Fsp3) is 0. The van der Waals surface area contributed by atoms with E-state index in [2.05, 4.69) is 485 Å². The highest BCUT2D eigenvalue weighted by molar-refractivity contribution is 6.16. The van der Waals surface area contributed by atoms with Crippen molar-refractivity contribution in [2.75, 3.05) is 0 Å². The molecule has 0 amide bonds. The summed E-state index contributed by atoms with van der Waals surface area (Å²) in [6.45, 7) is 0. The molecule has 0 unspecified atom stereocenters. The molecule has 4 aromatic heterocycles. The van der Waals surface area contributed by atoms with Crippen molar-refractivity contribution in [3.05, 3.63) is 478 Å². The number of fused-ring (bicyclic) bond motifs is 12. The molecule has 0 fully saturated rings. The van der Waals surface area contributed by atoms with Gasteiger partial charge in [-0.3, -0.25) is 0 Å². The van der Waals surface area contributed by atoms with Crippen LogP contribution in [-0.4, -0.2) is 18.3 Å². The number of rotatable bonds is 15. The zero-order chi connectivity index (χ0) is 81.7. The van der Waals surface area contributed by atoms with Gasteiger partial charge >= 0.3 is 0 Å². The first-order valence-corrected chi connectivity index (χ1v) is 42.6. The molecule has 1 aliphatic rings. The molecular weight excluding hydrogens is 1500 g/mol. The Labute approximate surface area is 718 Å². The standard InChI is InChI=1S/C120H76N4/c1-6-22-79(23-7-1)86-46-57-101(58-47-86)121-113-35-19-16-32-105(113)108-75-92(53-64-116(108)121)93-54-65-118-109(76-93)106-33-18-21-37-115(106)123(118)103-61-50-90(51-62-103)98-69-96(81-26-10-3-11-27-81)68-97(70-98)89-44-40-85(41-45-89)84-38-42-88(43-39-84)91-52-63-119-111(74-91)112-78-95(56-67-120(112)124(119)104-72-99(82-28-12-4-13-29-82)71-100(73-104)83-30-14-5-15-31-83)94-55-66-117-110(77-94)107-34-17-20-36-114(107)122(117)102-59-48-87(49-60-102)80-24-8-2-9-25-80/h1-46,48-57,59-78H. The predicted octanol–water partition coefficient (Wildman–Crippen LogP) is 32.0. The summed E-state index contributed by atoms with van der Waals surface area (Å²) in [5.74, 6) is 0. The second-order valence-corrected chi connectivity index (χ2v) is 32.6. The molecule has 0 aliphatic heterocycles. The summed E-state index contributed by atoms with van der Waals surface area (Å²) < 4.78 is 9.63. The van der Waals surface area contributed by atoms with Gasteiger partial charge in [0.05, 0.1) is 49.8 Å². The predicted molar refractivity (Wildman–Crippen MR) is 523 cm³/mol. The topological polar surface area (TPSA) is 19.7 Å². The Balaban J connectivity index is 0.546. The maximum Gasteiger partial charge on any atom is 0.0974 e. The summed E-state index contributed by atoms with van der Waals surface area (Å²) in [7, 11) is 0. The quantitative estimate of drug-likeness (QED) is 0.0912. The largest absolute Gasteiger partial charge is 0.309 e. The van der Waals surface area contributed by atoms with E-state index in [-0.39, 0.29) is 0 Å². The average molecular weight is 1570 g/mol. The van der Waals surface area contributed by atoms with Gasteiger partial charge in [-0.15, -0.1) is 0 Å². The van der Waals surface area contributed by atoms with E-state index in [0.29, 0.717) is 0 Å². The number of hydrogen-bond acceptors (Lipinski definition) is 0. The minimum Gasteiger partial charge on any atom is -0.309 e. The highest BCUT2D eigenvalue weighted by Gasteiger charge is 2.23. The summed E-state index contributed by atoms with van der Waals surface area (Å²) in [6, 6.07) is 165. The third kappa shape index (κ3) is 12.5. The SMILES string of the molecule is C1=C=C(n2c3ccccc3c3cc(-c4ccc5c(c4)c4ccccc4n5-c4ccc(-c5cc(-c6ccccc6)cc(-c6ccc(-c7ccc(-c8ccc9c(c8)c8cc(-c%10ccc%11c(c%10)c%10ccccc%10n%11-c%10ccc(-c%11ccccc%11)cc%10)ccc8n9-c8cc(-c9ccccc9)cc(-c9ccccc9)c8)cc7)cc6)c5)cc4)ccc32)C=CC=1c1ccccc1. The Hall–Kier alpha value is -16.6. The third-order valence-electron chi connectivity index (χ3n) is 25.4. The van der Waals surface area contributed by atoms with E-state index >= 15 is 0 Å². The molecule has 4 nitrogen and oxygen atoms in total. The molecule has 0 saturated heterocycles. The van der Waals surface area contributed by atoms with Crippen molar-refractivity contribution in [3.63, 3.8) is 0 Å². The molecule has 1 aliphatic carbocycles. The van der Waals surface area contributed by atoms with E-state index in [1.165, 1.54) is 121 Å². The third-order valence-corrected chi connectivity index (χ3v) is 25.4. The van der Waals surface area contributed by atoms with Gasteiger partial charge in [-0.2, -0.15) is 0 Å². The van der Waals surface area contributed by atoms with Gasteiger partial charge in [0.2, 0.25) is 0 Å². The van der Waals surface area contributed by atoms with Crippen molar-refractivity contribution in [2.45, 2.75) is 0 Å². The molecule has 0 saturated carbocycles. The van der Waals surface area contributed by atoms with Gasteiger partial charge in [-0.1, -0.05) is 315 Å². The number of nitrogens with zero attached hydrogens (tertiary/aromatic N) is 4. The maximum atomic E-state index is 3.52. The highest BCUT2D eigenvalue weighted by Crippen LogP contribution is 2.45. The number of para-hydroxylation sites is 3. The van der Waals surface area contributed by atoms with E-state index in [4.69, 9.17) is 0 Å². The fourth-order valence-corrected chi connectivity index (χ4v) is 19.3. The number of aromatic nitrogens is 4. The second kappa shape index (κ2) is 29.7. The minimum atomic E-state index is 0.964. The molecule has 0 N–H and O–H groups in total. The highest BCUT2D eigenvalue weighted by atomic mass is 15.0. The zero-order valence-electron chi connectivity index (χ0n) is 67.7. The van der Waals surface area contributed by atoms with E-state index in [1.54, 1.807) is 0 Å². The van der Waals surface area contributed by atoms with Gasteiger partial charge in [0.15, 0.2) is 0 Å². The molecule has 0 radical (unpaired) electrons. The van der Waals surface area contributed by atoms with Crippen molar-refractivity contribution in [1.82, 2.24) is 18.3 Å². The fourth-order valence-electron chi connectivity index (χ4n) is 19.3. The van der Waals surface area contributed by atoms with E-state index in [0.717, 1.165) is 112 Å². The van der Waals surface area contributed by atoms with Crippen molar-refractivity contribution in [3.8, 4) is 128 Å². The lowest BCUT2D eigenvalue weighted by Crippen LogP contribution is -1.96. The van der Waals surface area contributed by atoms with E-state index in [1.807, 2.05) is 6.07 Å². The lowest BCUT2D eigenvalue weighted by atomic mass is 9.92. The molecule has 19 aromatic carbocycles. The molecule has 0 spiro atoms. The van der Waals surface area contributed by atoms with Gasteiger partial charge in [-0.05, 0) is 274 Å². The van der Waals surface area contributed by atoms with Crippen molar-refractivity contribution >= 4 is 98.5 Å². The van der Waals surface area contributed by atoms with Crippen LogP contribution < -0.4 is 0 Å². The Morgan fingerprint density at radius 2 is 0.355 bits per heavy atom. The first kappa shape index (κ1) is 71.5. The van der Waals surface area contributed by atoms with Crippen molar-refractivity contribution in [2.24, 2.45) is 0 Å². The molecule has 124 heavy (non-hydrogen) atoms. The summed E-state index contributed by atoms with van der Waals surface area (Å²) in [6.07, 6.45) is 4.31. The monoisotopic (exact) mass is 1570 g/mol. The molecule has 24 rings (SSSR count). The first-order chi connectivity index (χ1) is 61.4. The van der Waals surface area contributed by atoms with Crippen LogP contribution in [0.3, 0.4) is 0 Å². The molecule has 0 bridgehead atoms. The Kier molecular flexibility index (Phi) is 17.2. The Morgan fingerprint density at radius 3 is 0.694 bits per heavy atom. The van der Waals surface area contributed by atoms with E-state index < -0.39 is 0 Å². The molecule has 23 aromatic rings. The summed E-state index contributed by atoms with van der Waals surface area (Å²) in [5, 5.41) is 9.66. The lowest BCUT2D eigenvalue weighted by Gasteiger charge is -2.14.